The molecular formula is C11H22O4S. The maximum Gasteiger partial charge on any atom is 0.306 e. The molecule has 96 valence electrons. The fraction of sp³-hybridized carbons (Fsp3) is 0.909. The van der Waals surface area contributed by atoms with Crippen LogP contribution < -0.4 is 0 Å². The number of carbonyl (C=O) groups is 1. The lowest BCUT2D eigenvalue weighted by atomic mass is 9.93. The van der Waals surface area contributed by atoms with Crippen LogP contribution in [0, 0.1) is 11.8 Å². The molecule has 0 aromatic rings. The van der Waals surface area contributed by atoms with Crippen LogP contribution in [0.25, 0.3) is 0 Å². The average molecular weight is 250 g/mol. The number of rotatable bonds is 8. The van der Waals surface area contributed by atoms with E-state index in [0.29, 0.717) is 25.2 Å². The highest BCUT2D eigenvalue weighted by molar-refractivity contribution is 7.91. The Hall–Kier alpha value is -0.580. The summed E-state index contributed by atoms with van der Waals surface area (Å²) in [6.07, 6.45) is 1.51. The Morgan fingerprint density at radius 3 is 2.25 bits per heavy atom. The van der Waals surface area contributed by atoms with Gasteiger partial charge in [-0.3, -0.25) is 4.79 Å². The van der Waals surface area contributed by atoms with Gasteiger partial charge in [-0.25, -0.2) is 8.42 Å². The van der Waals surface area contributed by atoms with E-state index in [1.165, 1.54) is 0 Å². The molecule has 0 radical (unpaired) electrons. The van der Waals surface area contributed by atoms with Crippen LogP contribution in [0.15, 0.2) is 0 Å². The van der Waals surface area contributed by atoms with Gasteiger partial charge in [0.05, 0.1) is 11.7 Å². The molecule has 1 atom stereocenters. The SMILES string of the molecule is CCS(=O)(=O)CCCC(CC(C)C)C(=O)O. The van der Waals surface area contributed by atoms with E-state index in [1.54, 1.807) is 6.92 Å². The van der Waals surface area contributed by atoms with E-state index >= 15 is 0 Å². The van der Waals surface area contributed by atoms with E-state index in [-0.39, 0.29) is 11.5 Å². The van der Waals surface area contributed by atoms with Gasteiger partial charge in [-0.1, -0.05) is 20.8 Å². The Morgan fingerprint density at radius 1 is 1.31 bits per heavy atom. The minimum absolute atomic E-state index is 0.103. The molecule has 16 heavy (non-hydrogen) atoms. The summed E-state index contributed by atoms with van der Waals surface area (Å²) in [5, 5.41) is 8.96. The molecule has 0 aromatic carbocycles. The molecule has 0 fully saturated rings. The number of hydrogen-bond donors (Lipinski definition) is 1. The molecule has 1 N–H and O–H groups in total. The third-order valence-electron chi connectivity index (χ3n) is 2.55. The van der Waals surface area contributed by atoms with E-state index in [1.807, 2.05) is 13.8 Å². The van der Waals surface area contributed by atoms with E-state index in [2.05, 4.69) is 0 Å². The smallest absolute Gasteiger partial charge is 0.306 e. The summed E-state index contributed by atoms with van der Waals surface area (Å²) in [5.74, 6) is -0.668. The Balaban J connectivity index is 4.09. The molecule has 0 heterocycles. The van der Waals surface area contributed by atoms with Gasteiger partial charge in [0.25, 0.3) is 0 Å². The first-order valence-electron chi connectivity index (χ1n) is 5.71. The summed E-state index contributed by atoms with van der Waals surface area (Å²) < 4.78 is 22.5. The molecule has 0 aliphatic heterocycles. The Kier molecular flexibility index (Phi) is 6.64. The van der Waals surface area contributed by atoms with Crippen LogP contribution >= 0.6 is 0 Å². The largest absolute Gasteiger partial charge is 0.481 e. The molecule has 4 nitrogen and oxygen atoms in total. The van der Waals surface area contributed by atoms with E-state index in [4.69, 9.17) is 5.11 Å². The second kappa shape index (κ2) is 6.89. The maximum atomic E-state index is 11.2. The zero-order valence-electron chi connectivity index (χ0n) is 10.3. The monoisotopic (exact) mass is 250 g/mol. The molecule has 0 bridgehead atoms. The van der Waals surface area contributed by atoms with E-state index in [0.717, 1.165) is 0 Å². The number of hydrogen-bond acceptors (Lipinski definition) is 3. The van der Waals surface area contributed by atoms with Crippen molar-refractivity contribution in [2.24, 2.45) is 11.8 Å². The third-order valence-corrected chi connectivity index (χ3v) is 4.34. The minimum atomic E-state index is -2.96. The van der Waals surface area contributed by atoms with Crippen LogP contribution in [0.4, 0.5) is 0 Å². The Labute approximate surface area is 98.0 Å². The lowest BCUT2D eigenvalue weighted by Crippen LogP contribution is -2.18. The predicted molar refractivity (Wildman–Crippen MR) is 64.1 cm³/mol. The molecule has 0 aliphatic rings. The second-order valence-corrected chi connectivity index (χ2v) is 7.02. The van der Waals surface area contributed by atoms with Crippen molar-refractivity contribution in [3.8, 4) is 0 Å². The average Bonchev–Trinajstić information content (AvgIpc) is 2.15. The standard InChI is InChI=1S/C11H22O4S/c1-4-16(14,15)7-5-6-10(11(12)13)8-9(2)3/h9-10H,4-8H2,1-3H3,(H,12,13). The van der Waals surface area contributed by atoms with Crippen molar-refractivity contribution in [1.82, 2.24) is 0 Å². The van der Waals surface area contributed by atoms with Gasteiger partial charge in [0.2, 0.25) is 0 Å². The fourth-order valence-corrected chi connectivity index (χ4v) is 2.50. The van der Waals surface area contributed by atoms with Gasteiger partial charge in [-0.2, -0.15) is 0 Å². The molecule has 0 aromatic heterocycles. The summed E-state index contributed by atoms with van der Waals surface area (Å²) in [5.41, 5.74) is 0. The Morgan fingerprint density at radius 2 is 1.88 bits per heavy atom. The first kappa shape index (κ1) is 15.4. The fourth-order valence-electron chi connectivity index (χ4n) is 1.61. The summed E-state index contributed by atoms with van der Waals surface area (Å²) in [6.45, 7) is 5.55. The van der Waals surface area contributed by atoms with E-state index < -0.39 is 21.7 Å². The normalized spacial score (nSPS) is 14.0. The van der Waals surface area contributed by atoms with Gasteiger partial charge in [-0.05, 0) is 25.2 Å². The second-order valence-electron chi connectivity index (χ2n) is 4.54. The number of sulfone groups is 1. The molecule has 5 heteroatoms. The summed E-state index contributed by atoms with van der Waals surface area (Å²) >= 11 is 0. The first-order valence-corrected chi connectivity index (χ1v) is 7.54. The van der Waals surface area contributed by atoms with Crippen molar-refractivity contribution in [2.45, 2.75) is 40.0 Å². The van der Waals surface area contributed by atoms with Crippen molar-refractivity contribution in [2.75, 3.05) is 11.5 Å². The maximum absolute atomic E-state index is 11.2. The Bertz CT molecular complexity index is 306. The highest BCUT2D eigenvalue weighted by atomic mass is 32.2. The first-order chi connectivity index (χ1) is 7.28. The highest BCUT2D eigenvalue weighted by Crippen LogP contribution is 2.18. The predicted octanol–water partition coefficient (Wildman–Crippen LogP) is 1.95. The zero-order chi connectivity index (χ0) is 12.8. The number of carboxylic acid groups (broad SMARTS) is 1. The zero-order valence-corrected chi connectivity index (χ0v) is 11.1. The van der Waals surface area contributed by atoms with Gasteiger partial charge in [0.15, 0.2) is 0 Å². The summed E-state index contributed by atoms with van der Waals surface area (Å²) in [6, 6.07) is 0. The van der Waals surface area contributed by atoms with Crippen LogP contribution in [0.3, 0.4) is 0 Å². The summed E-state index contributed by atoms with van der Waals surface area (Å²) in [4.78, 5) is 10.9. The number of aliphatic carboxylic acids is 1. The van der Waals surface area contributed by atoms with Crippen molar-refractivity contribution < 1.29 is 18.3 Å². The molecule has 0 saturated carbocycles. The van der Waals surface area contributed by atoms with Crippen LogP contribution in [-0.2, 0) is 14.6 Å². The quantitative estimate of drug-likeness (QED) is 0.714. The van der Waals surface area contributed by atoms with Crippen molar-refractivity contribution >= 4 is 15.8 Å². The highest BCUT2D eigenvalue weighted by Gasteiger charge is 2.19. The van der Waals surface area contributed by atoms with Crippen molar-refractivity contribution in [1.29, 1.82) is 0 Å². The molecule has 0 amide bonds. The van der Waals surface area contributed by atoms with Crippen LogP contribution in [-0.4, -0.2) is 31.0 Å². The minimum Gasteiger partial charge on any atom is -0.481 e. The lowest BCUT2D eigenvalue weighted by molar-refractivity contribution is -0.142. The molecule has 0 spiro atoms. The third kappa shape index (κ3) is 6.82. The molecule has 1 unspecified atom stereocenters. The molecule has 0 rings (SSSR count). The van der Waals surface area contributed by atoms with Gasteiger partial charge in [0, 0.05) is 5.75 Å². The van der Waals surface area contributed by atoms with Crippen LogP contribution in [0.5, 0.6) is 0 Å². The molecule has 0 saturated heterocycles. The van der Waals surface area contributed by atoms with Gasteiger partial charge >= 0.3 is 5.97 Å². The van der Waals surface area contributed by atoms with Gasteiger partial charge < -0.3 is 5.11 Å². The van der Waals surface area contributed by atoms with Crippen molar-refractivity contribution in [3.05, 3.63) is 0 Å². The van der Waals surface area contributed by atoms with Crippen molar-refractivity contribution in [3.63, 3.8) is 0 Å². The topological polar surface area (TPSA) is 71.4 Å². The van der Waals surface area contributed by atoms with E-state index in [9.17, 15) is 13.2 Å². The number of carboxylic acids is 1. The molecule has 0 aliphatic carbocycles. The lowest BCUT2D eigenvalue weighted by Gasteiger charge is -2.14. The van der Waals surface area contributed by atoms with Gasteiger partial charge in [-0.15, -0.1) is 0 Å². The van der Waals surface area contributed by atoms with Crippen LogP contribution in [0.1, 0.15) is 40.0 Å². The molecular weight excluding hydrogens is 228 g/mol. The van der Waals surface area contributed by atoms with Crippen LogP contribution in [0.2, 0.25) is 0 Å². The summed E-state index contributed by atoms with van der Waals surface area (Å²) in [7, 11) is -2.96. The van der Waals surface area contributed by atoms with Gasteiger partial charge in [0.1, 0.15) is 9.84 Å².